The smallest absolute Gasteiger partial charge is 0.554 e. The van der Waals surface area contributed by atoms with Crippen LogP contribution in [0.2, 0.25) is 0 Å². The van der Waals surface area contributed by atoms with E-state index >= 15 is 0 Å². The number of carbonyl (C=O) groups is 1. The average molecular weight is 268 g/mol. The molecule has 0 aromatic carbocycles. The fourth-order valence-corrected chi connectivity index (χ4v) is 0. The monoisotopic (exact) mass is 268 g/mol. The molecular formula is CHFrO2. The second-order valence-corrected chi connectivity index (χ2v) is 0.0962. The van der Waals surface area contributed by atoms with Crippen LogP contribution in [0.4, 0.5) is 0 Å². The van der Waals surface area contributed by atoms with Gasteiger partial charge in [0.15, 0.2) is 0 Å². The molecule has 18 valence electrons. The van der Waals surface area contributed by atoms with Crippen LogP contribution in [0.5, 0.6) is 0 Å². The van der Waals surface area contributed by atoms with Crippen LogP contribution in [0.15, 0.2) is 0 Å². The fourth-order valence-electron chi connectivity index (χ4n) is 0. The zero-order valence-electron chi connectivity index (χ0n) is 2.39. The summed E-state index contributed by atoms with van der Waals surface area (Å²) in [7, 11) is 0. The summed E-state index contributed by atoms with van der Waals surface area (Å²) in [5, 5.41) is 8.25. The summed E-state index contributed by atoms with van der Waals surface area (Å²) in [6, 6.07) is 0. The number of hydrogen-bond donors (Lipinski definition) is 0. The van der Waals surface area contributed by atoms with Crippen molar-refractivity contribution in [3.8, 4) is 0 Å². The van der Waals surface area contributed by atoms with Gasteiger partial charge in [0.05, 0.1) is 0 Å². The Morgan fingerprint density at radius 1 is 1.75 bits per heavy atom. The minimum absolute atomic E-state index is 0. The molecule has 0 spiro atoms. The molecule has 0 rings (SSSR count). The van der Waals surface area contributed by atoms with Crippen molar-refractivity contribution in [3.05, 3.63) is 0 Å². The van der Waals surface area contributed by atoms with Crippen LogP contribution in [0.1, 0.15) is 0 Å². The minimum atomic E-state index is -0.500. The molecule has 0 saturated heterocycles. The van der Waals surface area contributed by atoms with Gasteiger partial charge in [-0.05, 0) is 0 Å². The van der Waals surface area contributed by atoms with E-state index in [9.17, 15) is 0 Å². The van der Waals surface area contributed by atoms with Gasteiger partial charge in [-0.2, -0.15) is 0 Å². The number of rotatable bonds is 0. The van der Waals surface area contributed by atoms with Crippen LogP contribution in [0.25, 0.3) is 0 Å². The molecule has 0 aromatic heterocycles. The molecule has 2 nitrogen and oxygen atoms in total. The summed E-state index contributed by atoms with van der Waals surface area (Å²) < 4.78 is 0. The van der Waals surface area contributed by atoms with Crippen molar-refractivity contribution in [2.75, 3.05) is 0 Å². The molecule has 0 heterocycles. The molecule has 3 heteroatoms. The first-order chi connectivity index (χ1) is 1.41. The third-order valence-corrected chi connectivity index (χ3v) is 0. The van der Waals surface area contributed by atoms with E-state index in [-0.39, 0.29) is 49.9 Å². The molecule has 0 N–H and O–H groups in total. The van der Waals surface area contributed by atoms with Crippen molar-refractivity contribution in [1.29, 1.82) is 0 Å². The van der Waals surface area contributed by atoms with Gasteiger partial charge >= 0.3 is 49.9 Å². The van der Waals surface area contributed by atoms with Gasteiger partial charge in [-0.3, -0.25) is 0 Å². The van der Waals surface area contributed by atoms with Crippen LogP contribution in [0, 0.1) is 49.9 Å². The minimum Gasteiger partial charge on any atom is -0.554 e. The molecule has 0 saturated carbocycles. The zero-order chi connectivity index (χ0) is 2.71. The van der Waals surface area contributed by atoms with Crippen LogP contribution in [-0.2, 0) is 4.79 Å². The number of carbonyl (C=O) groups excluding carboxylic acids is 1. The van der Waals surface area contributed by atoms with Crippen LogP contribution in [-0.4, -0.2) is 6.47 Å². The first-order valence-corrected chi connectivity index (χ1v) is 0.471. The summed E-state index contributed by atoms with van der Waals surface area (Å²) in [5.74, 6) is 0. The SMILES string of the molecule is O=C[O-].[Fr+]. The summed E-state index contributed by atoms with van der Waals surface area (Å²) in [5.41, 5.74) is 0. The molecule has 0 bridgehead atoms. The van der Waals surface area contributed by atoms with Gasteiger partial charge in [-0.25, -0.2) is 0 Å². The third kappa shape index (κ3) is 11.5. The van der Waals surface area contributed by atoms with E-state index in [1.54, 1.807) is 0 Å². The molecule has 4 heavy (non-hydrogen) atoms. The summed E-state index contributed by atoms with van der Waals surface area (Å²) in [4.78, 5) is 8.25. The Hall–Kier alpha value is 1.07. The molecule has 0 aliphatic carbocycles. The van der Waals surface area contributed by atoms with Crippen molar-refractivity contribution in [2.24, 2.45) is 0 Å². The molecular weight excluding hydrogens is 267 g/mol. The van der Waals surface area contributed by atoms with Gasteiger partial charge in [0.2, 0.25) is 0 Å². The average Bonchev–Trinajstić information content (AvgIpc) is 0.918. The summed E-state index contributed by atoms with van der Waals surface area (Å²) in [6.45, 7) is -0.500. The maximum atomic E-state index is 8.25. The van der Waals surface area contributed by atoms with E-state index in [0.717, 1.165) is 0 Å². The van der Waals surface area contributed by atoms with Crippen molar-refractivity contribution >= 4 is 6.47 Å². The second kappa shape index (κ2) is 8.95. The molecule has 0 atom stereocenters. The van der Waals surface area contributed by atoms with Crippen molar-refractivity contribution in [1.82, 2.24) is 0 Å². The topological polar surface area (TPSA) is 40.1 Å². The zero-order valence-corrected chi connectivity index (χ0v) is 10.6. The van der Waals surface area contributed by atoms with Gasteiger partial charge in [0.1, 0.15) is 0 Å². The Labute approximate surface area is 65.2 Å². The Morgan fingerprint density at radius 3 is 1.75 bits per heavy atom. The number of carboxylic acid groups (broad SMARTS) is 1. The third-order valence-electron chi connectivity index (χ3n) is 0. The molecule has 0 aromatic rings. The van der Waals surface area contributed by atoms with E-state index in [1.165, 1.54) is 0 Å². The predicted molar refractivity (Wildman–Crippen MR) is 6.06 cm³/mol. The van der Waals surface area contributed by atoms with Crippen molar-refractivity contribution < 1.29 is 59.8 Å². The van der Waals surface area contributed by atoms with Crippen LogP contribution < -0.4 is 5.11 Å². The van der Waals surface area contributed by atoms with E-state index in [1.807, 2.05) is 0 Å². The van der Waals surface area contributed by atoms with Gasteiger partial charge in [-0.15, -0.1) is 0 Å². The molecule has 0 amide bonds. The van der Waals surface area contributed by atoms with Gasteiger partial charge < -0.3 is 9.90 Å². The Balaban J connectivity index is 0. The number of hydrogen-bond acceptors (Lipinski definition) is 2. The normalized spacial score (nSPS) is 3.00. The first-order valence-electron chi connectivity index (χ1n) is 0.471. The van der Waals surface area contributed by atoms with Crippen LogP contribution >= 0.6 is 0 Å². The predicted octanol–water partition coefficient (Wildman–Crippen LogP) is -1.63. The molecule has 0 unspecified atom stereocenters. The molecule has 0 radical (unpaired) electrons. The van der Waals surface area contributed by atoms with Crippen LogP contribution in [0.3, 0.4) is 0 Å². The summed E-state index contributed by atoms with van der Waals surface area (Å²) in [6.07, 6.45) is 0. The van der Waals surface area contributed by atoms with E-state index in [0.29, 0.717) is 0 Å². The molecule has 0 aliphatic rings. The van der Waals surface area contributed by atoms with Gasteiger partial charge in [0.25, 0.3) is 0 Å². The maximum absolute atomic E-state index is 8.25. The molecule has 0 aliphatic heterocycles. The molecule has 0 fully saturated rings. The Kier molecular flexibility index (Phi) is 19.9. The van der Waals surface area contributed by atoms with Gasteiger partial charge in [-0.1, -0.05) is 0 Å². The van der Waals surface area contributed by atoms with Gasteiger partial charge in [0, 0.05) is 6.47 Å². The van der Waals surface area contributed by atoms with Crippen molar-refractivity contribution in [3.63, 3.8) is 0 Å². The van der Waals surface area contributed by atoms with E-state index < -0.39 is 6.47 Å². The standard InChI is InChI=1S/CH2O2.Fr/c2-1-3;/h1H,(H,2,3);/q;+1/p-1. The van der Waals surface area contributed by atoms with Crippen molar-refractivity contribution in [2.45, 2.75) is 0 Å². The fraction of sp³-hybridized carbons (Fsp3) is 0. The Bertz CT molecular complexity index is 13.5. The summed E-state index contributed by atoms with van der Waals surface area (Å²) >= 11 is 0. The second-order valence-electron chi connectivity index (χ2n) is 0.0962. The van der Waals surface area contributed by atoms with E-state index in [4.69, 9.17) is 9.90 Å². The first kappa shape index (κ1) is 8.91. The van der Waals surface area contributed by atoms with E-state index in [2.05, 4.69) is 0 Å². The Morgan fingerprint density at radius 2 is 1.75 bits per heavy atom. The largest absolute Gasteiger partial charge is 1.00 e. The maximum Gasteiger partial charge on any atom is 1.00 e. The quantitative estimate of drug-likeness (QED) is 0.495.